The van der Waals surface area contributed by atoms with E-state index in [1.165, 1.54) is 11.1 Å². The number of primary amides is 1. The van der Waals surface area contributed by atoms with Crippen LogP contribution in [0.15, 0.2) is 77.8 Å². The second-order valence-electron chi connectivity index (χ2n) is 12.7. The number of hydrogen-bond acceptors (Lipinski definition) is 4. The smallest absolute Gasteiger partial charge is 0.254 e. The number of nitrogens with two attached hydrogens (primary N) is 2. The highest BCUT2D eigenvalue weighted by Crippen LogP contribution is 2.33. The molecule has 0 saturated carbocycles. The van der Waals surface area contributed by atoms with Gasteiger partial charge in [-0.15, -0.1) is 0 Å². The summed E-state index contributed by atoms with van der Waals surface area (Å²) in [5, 5.41) is 0.702. The van der Waals surface area contributed by atoms with Crippen LogP contribution in [0, 0.1) is 0 Å². The number of amides is 2. The summed E-state index contributed by atoms with van der Waals surface area (Å²) in [5.74, 6) is 0.620. The topological polar surface area (TPSA) is 120 Å². The molecular formula is C36H41ClN6O2. The summed E-state index contributed by atoms with van der Waals surface area (Å²) in [6.45, 7) is 9.87. The SMILES string of the molecule is CC(N)=NCCC[C@@H](C(N)=O)n1c(-c2ccc(C(C)(C)C)cc2)nc2cc(C(=O)N3CC=C(c4ccc(Cl)cc4)CC3)ccc21. The van der Waals surface area contributed by atoms with E-state index in [-0.39, 0.29) is 11.3 Å². The van der Waals surface area contributed by atoms with Crippen LogP contribution >= 0.6 is 11.6 Å². The summed E-state index contributed by atoms with van der Waals surface area (Å²) in [4.78, 5) is 37.7. The molecule has 0 fully saturated rings. The van der Waals surface area contributed by atoms with Crippen molar-refractivity contribution in [3.63, 3.8) is 0 Å². The average Bonchev–Trinajstić information content (AvgIpc) is 3.39. The average molecular weight is 625 g/mol. The predicted molar refractivity (Wildman–Crippen MR) is 183 cm³/mol. The van der Waals surface area contributed by atoms with E-state index in [1.54, 1.807) is 6.92 Å². The zero-order valence-electron chi connectivity index (χ0n) is 26.4. The first kappa shape index (κ1) is 32.0. The predicted octanol–water partition coefficient (Wildman–Crippen LogP) is 6.77. The van der Waals surface area contributed by atoms with Gasteiger partial charge in [0.2, 0.25) is 5.91 Å². The summed E-state index contributed by atoms with van der Waals surface area (Å²) in [5.41, 5.74) is 18.0. The van der Waals surface area contributed by atoms with Crippen molar-refractivity contribution in [2.24, 2.45) is 16.5 Å². The summed E-state index contributed by atoms with van der Waals surface area (Å²) in [6.07, 6.45) is 3.96. The number of imidazole rings is 1. The van der Waals surface area contributed by atoms with E-state index in [2.05, 4.69) is 44.0 Å². The fraction of sp³-hybridized carbons (Fsp3) is 0.333. The fourth-order valence-corrected chi connectivity index (χ4v) is 5.90. The van der Waals surface area contributed by atoms with Crippen molar-refractivity contribution < 1.29 is 9.59 Å². The third kappa shape index (κ3) is 7.28. The second kappa shape index (κ2) is 13.3. The summed E-state index contributed by atoms with van der Waals surface area (Å²) >= 11 is 6.05. The van der Waals surface area contributed by atoms with Gasteiger partial charge in [0.05, 0.1) is 16.9 Å². The highest BCUT2D eigenvalue weighted by Gasteiger charge is 2.26. The van der Waals surface area contributed by atoms with Crippen molar-refractivity contribution in [2.45, 2.75) is 58.4 Å². The molecule has 1 aliphatic heterocycles. The quantitative estimate of drug-likeness (QED) is 0.121. The van der Waals surface area contributed by atoms with Crippen molar-refractivity contribution in [2.75, 3.05) is 19.6 Å². The van der Waals surface area contributed by atoms with Gasteiger partial charge in [0.1, 0.15) is 11.9 Å². The van der Waals surface area contributed by atoms with Gasteiger partial charge in [0.25, 0.3) is 5.91 Å². The lowest BCUT2D eigenvalue weighted by Crippen LogP contribution is -2.34. The maximum atomic E-state index is 13.6. The van der Waals surface area contributed by atoms with E-state index in [1.807, 2.05) is 64.1 Å². The molecule has 8 nitrogen and oxygen atoms in total. The van der Waals surface area contributed by atoms with Gasteiger partial charge in [-0.25, -0.2) is 4.98 Å². The molecule has 0 radical (unpaired) electrons. The zero-order chi connectivity index (χ0) is 32.3. The first-order chi connectivity index (χ1) is 21.4. The fourth-order valence-electron chi connectivity index (χ4n) is 5.77. The van der Waals surface area contributed by atoms with Crippen LogP contribution in [0.25, 0.3) is 28.0 Å². The largest absolute Gasteiger partial charge is 0.388 e. The Balaban J connectivity index is 1.49. The minimum atomic E-state index is -0.652. The van der Waals surface area contributed by atoms with Gasteiger partial charge in [0, 0.05) is 35.8 Å². The Morgan fingerprint density at radius 1 is 1.00 bits per heavy atom. The number of benzene rings is 3. The number of carbonyl (C=O) groups is 2. The number of hydrogen-bond donors (Lipinski definition) is 2. The molecule has 0 bridgehead atoms. The molecule has 1 aromatic heterocycles. The number of nitrogens with zero attached hydrogens (tertiary/aromatic N) is 4. The number of aliphatic imine (C=N–C) groups is 1. The van der Waals surface area contributed by atoms with Crippen molar-refractivity contribution in [1.29, 1.82) is 0 Å². The molecular weight excluding hydrogens is 584 g/mol. The molecule has 5 rings (SSSR count). The summed E-state index contributed by atoms with van der Waals surface area (Å²) in [6, 6.07) is 20.9. The third-order valence-electron chi connectivity index (χ3n) is 8.29. The molecule has 0 aliphatic carbocycles. The van der Waals surface area contributed by atoms with Gasteiger partial charge >= 0.3 is 0 Å². The lowest BCUT2D eigenvalue weighted by molar-refractivity contribution is -0.121. The zero-order valence-corrected chi connectivity index (χ0v) is 27.1. The monoisotopic (exact) mass is 624 g/mol. The van der Waals surface area contributed by atoms with E-state index < -0.39 is 11.9 Å². The molecule has 2 heterocycles. The molecule has 2 amide bonds. The van der Waals surface area contributed by atoms with Crippen LogP contribution in [0.5, 0.6) is 0 Å². The Kier molecular flexibility index (Phi) is 9.44. The van der Waals surface area contributed by atoms with Gasteiger partial charge in [-0.2, -0.15) is 0 Å². The first-order valence-corrected chi connectivity index (χ1v) is 15.7. The lowest BCUT2D eigenvalue weighted by atomic mass is 9.86. The number of amidine groups is 1. The maximum absolute atomic E-state index is 13.6. The second-order valence-corrected chi connectivity index (χ2v) is 13.1. The van der Waals surface area contributed by atoms with Crippen LogP contribution < -0.4 is 11.5 Å². The Morgan fingerprint density at radius 2 is 1.69 bits per heavy atom. The molecule has 45 heavy (non-hydrogen) atoms. The number of fused-ring (bicyclic) bond motifs is 1. The number of halogens is 1. The molecule has 4 N–H and O–H groups in total. The standard InChI is InChI=1S/C36H41ClN6O2/c1-23(38)40-19-5-6-32(33(39)44)43-31-16-11-27(22-30(31)41-34(43)26-7-12-28(13-8-26)36(2,3)4)35(45)42-20-17-25(18-21-42)24-9-14-29(37)15-10-24/h7-17,22,32H,5-6,18-21H2,1-4H3,(H2,38,40)(H2,39,44)/t32-/m0/s1. The van der Waals surface area contributed by atoms with Crippen molar-refractivity contribution in [3.8, 4) is 11.4 Å². The van der Waals surface area contributed by atoms with Crippen LogP contribution in [0.2, 0.25) is 5.02 Å². The van der Waals surface area contributed by atoms with Gasteiger partial charge in [-0.1, -0.05) is 74.8 Å². The molecule has 3 aromatic carbocycles. The molecule has 0 spiro atoms. The van der Waals surface area contributed by atoms with Gasteiger partial charge in [-0.05, 0) is 78.6 Å². The van der Waals surface area contributed by atoms with Crippen molar-refractivity contribution >= 4 is 45.9 Å². The van der Waals surface area contributed by atoms with Crippen LogP contribution in [0.4, 0.5) is 0 Å². The van der Waals surface area contributed by atoms with Crippen LogP contribution in [-0.4, -0.2) is 51.7 Å². The summed E-state index contributed by atoms with van der Waals surface area (Å²) in [7, 11) is 0. The lowest BCUT2D eigenvalue weighted by Gasteiger charge is -2.27. The molecule has 9 heteroatoms. The van der Waals surface area contributed by atoms with E-state index in [4.69, 9.17) is 28.1 Å². The number of aromatic nitrogens is 2. The van der Waals surface area contributed by atoms with Gasteiger partial charge < -0.3 is 20.9 Å². The van der Waals surface area contributed by atoms with Crippen LogP contribution in [0.3, 0.4) is 0 Å². The van der Waals surface area contributed by atoms with E-state index in [0.29, 0.717) is 60.2 Å². The van der Waals surface area contributed by atoms with Crippen molar-refractivity contribution in [1.82, 2.24) is 14.5 Å². The van der Waals surface area contributed by atoms with E-state index in [9.17, 15) is 9.59 Å². The Morgan fingerprint density at radius 3 is 2.29 bits per heavy atom. The van der Waals surface area contributed by atoms with Gasteiger partial charge in [0.15, 0.2) is 0 Å². The first-order valence-electron chi connectivity index (χ1n) is 15.4. The molecule has 0 saturated heterocycles. The number of carbonyl (C=O) groups excluding carboxylic acids is 2. The van der Waals surface area contributed by atoms with E-state index in [0.717, 1.165) is 23.1 Å². The van der Waals surface area contributed by atoms with Crippen molar-refractivity contribution in [3.05, 3.63) is 94.5 Å². The van der Waals surface area contributed by atoms with Crippen LogP contribution in [-0.2, 0) is 10.2 Å². The minimum absolute atomic E-state index is 0.00937. The normalized spacial score (nSPS) is 14.8. The highest BCUT2D eigenvalue weighted by molar-refractivity contribution is 6.30. The Labute approximate surface area is 269 Å². The Bertz CT molecular complexity index is 1760. The molecule has 1 atom stereocenters. The maximum Gasteiger partial charge on any atom is 0.254 e. The third-order valence-corrected chi connectivity index (χ3v) is 8.55. The van der Waals surface area contributed by atoms with Crippen LogP contribution in [0.1, 0.15) is 74.5 Å². The number of rotatable bonds is 9. The molecule has 0 unspecified atom stereocenters. The molecule has 4 aromatic rings. The van der Waals surface area contributed by atoms with Gasteiger partial charge in [-0.3, -0.25) is 14.6 Å². The highest BCUT2D eigenvalue weighted by atomic mass is 35.5. The molecule has 1 aliphatic rings. The summed E-state index contributed by atoms with van der Waals surface area (Å²) < 4.78 is 1.92. The minimum Gasteiger partial charge on any atom is -0.388 e. The van der Waals surface area contributed by atoms with E-state index >= 15 is 0 Å². The molecule has 234 valence electrons. The Hall–Kier alpha value is -4.43.